The zero-order valence-electron chi connectivity index (χ0n) is 61.1. The Bertz CT molecular complexity index is 5060. The number of carbonyl (C=O) groups is 10. The van der Waals surface area contributed by atoms with Crippen molar-refractivity contribution >= 4 is 59.6 Å². The first-order valence-electron chi connectivity index (χ1n) is 32.2. The SMILES string of the molecule is CC(C)(C)OC(=O)NNC(=O)c1ccc(F)c(C#N)c1.CC(C)(C)OC(=O)NNC(=O)c1ccc(F)c(C#N)c1.N#Cc1cc(C(=O)NN)ccc1F.N#Cc1cc(C(=O)NN)ccc1F.N#Cc1cc(C(=O)NNC(=O)CCc2cc(F)ccc2F)ccc1F.N#Cc1cc(C(=O)O)ccc1F.O=C(O)CCc1cc(F)ccc1F. The molecule has 0 saturated heterocycles. The molecule has 0 fully saturated rings. The molecule has 8 aromatic carbocycles. The van der Waals surface area contributed by atoms with Gasteiger partial charge in [-0.05, 0) is 211 Å². The van der Waals surface area contributed by atoms with Gasteiger partial charge in [0.2, 0.25) is 5.91 Å². The van der Waals surface area contributed by atoms with Gasteiger partial charge in [0.05, 0.1) is 38.9 Å². The minimum Gasteiger partial charge on any atom is -0.481 e. The predicted octanol–water partition coefficient (Wildman–Crippen LogP) is 10.1. The highest BCUT2D eigenvalue weighted by atomic mass is 19.2. The van der Waals surface area contributed by atoms with Crippen molar-refractivity contribution in [3.63, 3.8) is 0 Å². The van der Waals surface area contributed by atoms with Crippen LogP contribution >= 0.6 is 0 Å². The summed E-state index contributed by atoms with van der Waals surface area (Å²) < 4.78 is 139. The van der Waals surface area contributed by atoms with Crippen molar-refractivity contribution in [3.05, 3.63) is 282 Å². The Hall–Kier alpha value is -15.8. The smallest absolute Gasteiger partial charge is 0.426 e. The number of carboxylic acids is 2. The molecule has 0 aromatic heterocycles. The predicted molar refractivity (Wildman–Crippen MR) is 383 cm³/mol. The number of hydrogen-bond donors (Lipinski definition) is 12. The summed E-state index contributed by atoms with van der Waals surface area (Å²) >= 11 is 0. The minimum atomic E-state index is -1.17. The number of aliphatic carboxylic acids is 1. The van der Waals surface area contributed by atoms with E-state index in [4.69, 9.17) is 62.9 Å². The lowest BCUT2D eigenvalue weighted by Gasteiger charge is -2.19. The fraction of sp³-hybridized carbons (Fsp3) is 0.158. The first-order valence-corrected chi connectivity index (χ1v) is 32.2. The maximum Gasteiger partial charge on any atom is 0.426 e. The minimum absolute atomic E-state index is 0.0128. The fourth-order valence-corrected chi connectivity index (χ4v) is 7.86. The molecule has 0 bridgehead atoms. The van der Waals surface area contributed by atoms with Crippen molar-refractivity contribution in [2.75, 3.05) is 0 Å². The van der Waals surface area contributed by atoms with Crippen LogP contribution in [0.1, 0.15) is 161 Å². The molecule has 14 N–H and O–H groups in total. The summed E-state index contributed by atoms with van der Waals surface area (Å²) in [6, 6.07) is 35.2. The lowest BCUT2D eigenvalue weighted by atomic mass is 10.1. The number of aromatic carboxylic acids is 1. The van der Waals surface area contributed by atoms with Crippen LogP contribution in [0.25, 0.3) is 0 Å². The van der Waals surface area contributed by atoms with Crippen molar-refractivity contribution in [1.82, 2.24) is 43.4 Å². The second-order valence-corrected chi connectivity index (χ2v) is 24.1. The number of hydrogen-bond acceptors (Lipinski definition) is 20. The molecule has 0 heterocycles. The number of carboxylic acid groups (broad SMARTS) is 2. The van der Waals surface area contributed by atoms with Crippen LogP contribution in [-0.2, 0) is 31.9 Å². The Kier molecular flexibility index (Phi) is 39.3. The van der Waals surface area contributed by atoms with Crippen molar-refractivity contribution in [2.24, 2.45) is 11.7 Å². The first-order chi connectivity index (χ1) is 54.5. The third kappa shape index (κ3) is 34.8. The number of hydrazine groups is 5. The molecule has 0 spiro atoms. The summed E-state index contributed by atoms with van der Waals surface area (Å²) in [6.07, 6.45) is -2.07. The van der Waals surface area contributed by atoms with Crippen LogP contribution in [0.2, 0.25) is 0 Å². The highest BCUT2D eigenvalue weighted by Gasteiger charge is 2.21. The lowest BCUT2D eigenvalue weighted by Crippen LogP contribution is -2.44. The molecule has 0 radical (unpaired) electrons. The van der Waals surface area contributed by atoms with Gasteiger partial charge in [0.1, 0.15) is 106 Å². The maximum atomic E-state index is 13.4. The topological polar surface area (TPSA) is 521 Å². The van der Waals surface area contributed by atoms with E-state index in [1.165, 1.54) is 24.3 Å². The quantitative estimate of drug-likeness (QED) is 0.0234. The average Bonchev–Trinajstić information content (AvgIpc) is 0.880. The largest absolute Gasteiger partial charge is 0.481 e. The third-order valence-electron chi connectivity index (χ3n) is 13.3. The summed E-state index contributed by atoms with van der Waals surface area (Å²) in [4.78, 5) is 112. The van der Waals surface area contributed by atoms with Crippen LogP contribution < -0.4 is 55.1 Å². The first kappa shape index (κ1) is 96.3. The number of amides is 8. The second-order valence-electron chi connectivity index (χ2n) is 24.1. The Morgan fingerprint density at radius 1 is 0.336 bits per heavy atom. The van der Waals surface area contributed by atoms with Crippen LogP contribution in [0.4, 0.5) is 53.5 Å². The lowest BCUT2D eigenvalue weighted by molar-refractivity contribution is -0.137. The third-order valence-corrected chi connectivity index (χ3v) is 13.3. The van der Waals surface area contributed by atoms with Crippen LogP contribution in [0.5, 0.6) is 0 Å². The zero-order chi connectivity index (χ0) is 87.7. The van der Waals surface area contributed by atoms with E-state index in [1.807, 2.05) is 10.9 Å². The molecular formula is C76H64F10N16O14. The van der Waals surface area contributed by atoms with Gasteiger partial charge >= 0.3 is 24.1 Å². The molecule has 0 aliphatic rings. The van der Waals surface area contributed by atoms with Crippen LogP contribution in [0.3, 0.4) is 0 Å². The zero-order valence-corrected chi connectivity index (χ0v) is 61.1. The molecule has 602 valence electrons. The molecule has 8 aromatic rings. The van der Waals surface area contributed by atoms with E-state index < -0.39 is 129 Å². The number of nitrogens with zero attached hydrogens (tertiary/aromatic N) is 6. The van der Waals surface area contributed by atoms with Gasteiger partial charge in [-0.3, -0.25) is 66.1 Å². The Labute approximate surface area is 651 Å². The molecule has 116 heavy (non-hydrogen) atoms. The van der Waals surface area contributed by atoms with Gasteiger partial charge in [-0.25, -0.2) is 80.8 Å². The van der Waals surface area contributed by atoms with Crippen LogP contribution in [-0.4, -0.2) is 81.0 Å². The van der Waals surface area contributed by atoms with Gasteiger partial charge < -0.3 is 19.7 Å². The molecule has 8 amide bonds. The molecule has 0 atom stereocenters. The Morgan fingerprint density at radius 3 is 0.828 bits per heavy atom. The van der Waals surface area contributed by atoms with E-state index in [-0.39, 0.29) is 104 Å². The van der Waals surface area contributed by atoms with Crippen molar-refractivity contribution < 1.29 is 112 Å². The molecule has 40 heteroatoms. The molecule has 0 aliphatic carbocycles. The van der Waals surface area contributed by atoms with Gasteiger partial charge in [0.25, 0.3) is 29.5 Å². The molecular weight excluding hydrogens is 1550 g/mol. The van der Waals surface area contributed by atoms with Crippen molar-refractivity contribution in [3.8, 4) is 36.4 Å². The summed E-state index contributed by atoms with van der Waals surface area (Å²) in [5, 5.41) is 68.0. The number of halogens is 10. The maximum absolute atomic E-state index is 13.4. The Balaban J connectivity index is 0.000000467. The molecule has 0 aliphatic heterocycles. The number of nitrogen functional groups attached to an aromatic ring is 2. The van der Waals surface area contributed by atoms with E-state index >= 15 is 0 Å². The van der Waals surface area contributed by atoms with E-state index in [9.17, 15) is 91.8 Å². The number of nitrogens with one attached hydrogen (secondary N) is 8. The van der Waals surface area contributed by atoms with E-state index in [0.29, 0.717) is 0 Å². The van der Waals surface area contributed by atoms with Gasteiger partial charge in [0, 0.05) is 40.7 Å². The van der Waals surface area contributed by atoms with E-state index in [0.717, 1.165) is 121 Å². The molecule has 30 nitrogen and oxygen atoms in total. The van der Waals surface area contributed by atoms with Gasteiger partial charge in [0.15, 0.2) is 0 Å². The monoisotopic (exact) mass is 1610 g/mol. The summed E-state index contributed by atoms with van der Waals surface area (Å²) in [7, 11) is 0. The molecule has 0 unspecified atom stereocenters. The number of rotatable bonds is 12. The number of ether oxygens (including phenoxy) is 2. The van der Waals surface area contributed by atoms with Gasteiger partial charge in [-0.2, -0.15) is 31.6 Å². The Morgan fingerprint density at radius 2 is 0.578 bits per heavy atom. The highest BCUT2D eigenvalue weighted by molar-refractivity contribution is 5.97. The van der Waals surface area contributed by atoms with Crippen LogP contribution in [0.15, 0.2) is 146 Å². The van der Waals surface area contributed by atoms with Gasteiger partial charge in [-0.15, -0.1) is 0 Å². The number of carbonyl (C=O) groups excluding carboxylic acids is 8. The molecule has 8 rings (SSSR count). The summed E-state index contributed by atoms with van der Waals surface area (Å²) in [6.45, 7) is 10.0. The fourth-order valence-electron chi connectivity index (χ4n) is 7.86. The number of nitriles is 6. The average molecular weight is 1620 g/mol. The van der Waals surface area contributed by atoms with E-state index in [2.05, 4.69) is 32.6 Å². The summed E-state index contributed by atoms with van der Waals surface area (Å²) in [5.74, 6) is -2.94. The number of benzene rings is 8. The standard InChI is InChI=1S/C17H12F3N3O2.2C13H14FN3O3.C9H8F2O2.2C8H6FN3O.C8H4FNO2/c18-13-3-5-14(19)10(8-13)2-6-16(24)22-23-17(25)11-1-4-15(20)12(7-11)9-21;2*1-13(2,3)20-12(19)17-16-11(18)8-4-5-10(14)9(6-8)7-15;10-7-2-3-8(11)6(5-7)1-4-9(12)13;2*9-7-2-1-5(8(13)12-11)3-6(7)4-10;9-7-2-1-5(8(11)12)3-6(7)4-10/h1,3-5,7-8H,2,6H2,(H,22,24)(H,23,25);2*4-6H,1-3H3,(H,16,18)(H,17,19);2-3,5H,1,4H2,(H,12,13);2*1-3H,11H2,(H,12,13);1-3H,(H,11,12). The molecule has 0 saturated carbocycles. The van der Waals surface area contributed by atoms with Crippen molar-refractivity contribution in [1.29, 1.82) is 31.6 Å². The summed E-state index contributed by atoms with van der Waals surface area (Å²) in [5.41, 5.74) is 13.9. The number of nitrogens with two attached hydrogens (primary N) is 2. The second kappa shape index (κ2) is 47.3. The highest BCUT2D eigenvalue weighted by Crippen LogP contribution is 2.18. The van der Waals surface area contributed by atoms with Gasteiger partial charge in [-0.1, -0.05) is 0 Å². The van der Waals surface area contributed by atoms with Crippen LogP contribution in [0, 0.1) is 126 Å². The van der Waals surface area contributed by atoms with Crippen molar-refractivity contribution in [2.45, 2.75) is 78.4 Å². The van der Waals surface area contributed by atoms with E-state index in [1.54, 1.807) is 78.0 Å². The normalized spacial score (nSPS) is 9.79. The number of aryl methyl sites for hydroxylation is 2.